The molecular weight excluding hydrogens is 348 g/mol. The first-order valence-electron chi connectivity index (χ1n) is 9.14. The van der Waals surface area contributed by atoms with E-state index in [-0.39, 0.29) is 17.9 Å². The van der Waals surface area contributed by atoms with Gasteiger partial charge in [0.15, 0.2) is 5.69 Å². The van der Waals surface area contributed by atoms with Crippen LogP contribution in [0.5, 0.6) is 0 Å². The zero-order valence-electron chi connectivity index (χ0n) is 15.5. The molecule has 1 aromatic heterocycles. The highest BCUT2D eigenvalue weighted by atomic mass is 35.5. The fourth-order valence-electron chi connectivity index (χ4n) is 3.17. The quantitative estimate of drug-likeness (QED) is 0.890. The van der Waals surface area contributed by atoms with Crippen LogP contribution in [0.15, 0.2) is 30.5 Å². The fourth-order valence-corrected chi connectivity index (χ4v) is 3.34. The number of carbonyl (C=O) groups is 1. The molecule has 1 fully saturated rings. The zero-order valence-corrected chi connectivity index (χ0v) is 16.3. The molecule has 1 saturated heterocycles. The van der Waals surface area contributed by atoms with Crippen LogP contribution in [0, 0.1) is 0 Å². The van der Waals surface area contributed by atoms with Gasteiger partial charge in [0.2, 0.25) is 0 Å². The van der Waals surface area contributed by atoms with Gasteiger partial charge in [-0.1, -0.05) is 56.6 Å². The summed E-state index contributed by atoms with van der Waals surface area (Å²) in [5.74, 6) is 0.640. The van der Waals surface area contributed by atoms with Crippen molar-refractivity contribution < 1.29 is 4.79 Å². The van der Waals surface area contributed by atoms with Gasteiger partial charge in [-0.15, -0.1) is 0 Å². The van der Waals surface area contributed by atoms with E-state index in [1.54, 1.807) is 0 Å². The molecule has 1 aliphatic rings. The molecule has 2 aromatic rings. The number of carbonyl (C=O) groups excluding carboxylic acids is 1. The van der Waals surface area contributed by atoms with Gasteiger partial charge in [-0.05, 0) is 17.5 Å². The number of piperazine rings is 1. The third kappa shape index (κ3) is 3.89. The van der Waals surface area contributed by atoms with Crippen molar-refractivity contribution in [1.29, 1.82) is 0 Å². The Labute approximate surface area is 159 Å². The molecule has 1 unspecified atom stereocenters. The first-order valence-corrected chi connectivity index (χ1v) is 9.52. The van der Waals surface area contributed by atoms with Crippen LogP contribution in [0.1, 0.15) is 60.2 Å². The minimum absolute atomic E-state index is 0.0318. The van der Waals surface area contributed by atoms with Gasteiger partial charge >= 0.3 is 0 Å². The van der Waals surface area contributed by atoms with Crippen LogP contribution in [0.3, 0.4) is 0 Å². The highest BCUT2D eigenvalue weighted by Gasteiger charge is 2.31. The van der Waals surface area contributed by atoms with E-state index in [2.05, 4.69) is 46.5 Å². The van der Waals surface area contributed by atoms with Crippen molar-refractivity contribution in [2.24, 2.45) is 0 Å². The van der Waals surface area contributed by atoms with Crippen molar-refractivity contribution in [3.8, 4) is 0 Å². The number of benzene rings is 1. The summed E-state index contributed by atoms with van der Waals surface area (Å²) in [5, 5.41) is 3.69. The lowest BCUT2D eigenvalue weighted by atomic mass is 10.0. The van der Waals surface area contributed by atoms with E-state index in [0.29, 0.717) is 23.1 Å². The van der Waals surface area contributed by atoms with Gasteiger partial charge in [0, 0.05) is 25.6 Å². The number of halogens is 1. The maximum Gasteiger partial charge on any atom is 0.274 e. The number of rotatable bonds is 4. The highest BCUT2D eigenvalue weighted by Crippen LogP contribution is 2.26. The lowest BCUT2D eigenvalue weighted by Gasteiger charge is -2.36. The average Bonchev–Trinajstić information content (AvgIpc) is 2.67. The molecule has 5 nitrogen and oxygen atoms in total. The van der Waals surface area contributed by atoms with Gasteiger partial charge in [-0.3, -0.25) is 4.79 Å². The van der Waals surface area contributed by atoms with Crippen molar-refractivity contribution in [1.82, 2.24) is 20.2 Å². The Hall–Kier alpha value is -1.98. The first-order chi connectivity index (χ1) is 12.5. The molecule has 0 aliphatic carbocycles. The van der Waals surface area contributed by atoms with Crippen LogP contribution in [-0.4, -0.2) is 40.4 Å². The van der Waals surface area contributed by atoms with Gasteiger partial charge < -0.3 is 10.2 Å². The van der Waals surface area contributed by atoms with Crippen LogP contribution in [-0.2, 0) is 6.42 Å². The third-order valence-electron chi connectivity index (χ3n) is 4.76. The predicted octanol–water partition coefficient (Wildman–Crippen LogP) is 3.60. The van der Waals surface area contributed by atoms with E-state index >= 15 is 0 Å². The van der Waals surface area contributed by atoms with E-state index in [4.69, 9.17) is 11.6 Å². The SMILES string of the molecule is CCc1ccc(C2CNCCN2C(=O)c2nc(C(C)C)ncc2Cl)cc1. The highest BCUT2D eigenvalue weighted by molar-refractivity contribution is 6.33. The van der Waals surface area contributed by atoms with Crippen LogP contribution in [0.4, 0.5) is 0 Å². The number of aromatic nitrogens is 2. The molecule has 1 aromatic carbocycles. The second-order valence-corrected chi connectivity index (χ2v) is 7.30. The summed E-state index contributed by atoms with van der Waals surface area (Å²) >= 11 is 6.26. The maximum absolute atomic E-state index is 13.2. The van der Waals surface area contributed by atoms with Crippen molar-refractivity contribution >= 4 is 17.5 Å². The number of aryl methyl sites for hydroxylation is 1. The molecule has 1 amide bonds. The molecule has 0 spiro atoms. The van der Waals surface area contributed by atoms with Crippen molar-refractivity contribution in [2.75, 3.05) is 19.6 Å². The van der Waals surface area contributed by atoms with Gasteiger partial charge in [0.05, 0.1) is 17.3 Å². The van der Waals surface area contributed by atoms with Gasteiger partial charge in [0.1, 0.15) is 5.82 Å². The van der Waals surface area contributed by atoms with Crippen LogP contribution in [0.2, 0.25) is 5.02 Å². The van der Waals surface area contributed by atoms with Crippen molar-refractivity contribution in [2.45, 2.75) is 39.2 Å². The normalized spacial score (nSPS) is 17.6. The second kappa shape index (κ2) is 8.14. The van der Waals surface area contributed by atoms with Gasteiger partial charge in [-0.2, -0.15) is 0 Å². The van der Waals surface area contributed by atoms with E-state index < -0.39 is 0 Å². The molecule has 0 radical (unpaired) electrons. The Balaban J connectivity index is 1.92. The van der Waals surface area contributed by atoms with Crippen LogP contribution < -0.4 is 5.32 Å². The summed E-state index contributed by atoms with van der Waals surface area (Å²) in [6.45, 7) is 8.24. The zero-order chi connectivity index (χ0) is 18.7. The summed E-state index contributed by atoms with van der Waals surface area (Å²) in [6.07, 6.45) is 2.53. The molecular formula is C20H25ClN4O. The van der Waals surface area contributed by atoms with Crippen LogP contribution >= 0.6 is 11.6 Å². The lowest BCUT2D eigenvalue weighted by molar-refractivity contribution is 0.0628. The number of nitrogens with zero attached hydrogens (tertiary/aromatic N) is 3. The maximum atomic E-state index is 13.2. The average molecular weight is 373 g/mol. The first kappa shape index (κ1) is 18.8. The Bertz CT molecular complexity index is 776. The molecule has 1 aliphatic heterocycles. The molecule has 0 bridgehead atoms. The van der Waals surface area contributed by atoms with E-state index in [1.807, 2.05) is 18.7 Å². The second-order valence-electron chi connectivity index (χ2n) is 6.89. The summed E-state index contributed by atoms with van der Waals surface area (Å²) in [6, 6.07) is 8.44. The van der Waals surface area contributed by atoms with Gasteiger partial charge in [0.25, 0.3) is 5.91 Å². The fraction of sp³-hybridized carbons (Fsp3) is 0.450. The Kier molecular flexibility index (Phi) is 5.89. The standard InChI is InChI=1S/C20H25ClN4O/c1-4-14-5-7-15(8-6-14)17-12-22-9-10-25(17)20(26)18-16(21)11-23-19(24-18)13(2)3/h5-8,11,13,17,22H,4,9-10,12H2,1-3H3. The molecule has 6 heteroatoms. The minimum Gasteiger partial charge on any atom is -0.328 e. The molecule has 3 rings (SSSR count). The molecule has 2 heterocycles. The summed E-state index contributed by atoms with van der Waals surface area (Å²) in [4.78, 5) is 23.8. The summed E-state index contributed by atoms with van der Waals surface area (Å²) in [5.41, 5.74) is 2.70. The monoisotopic (exact) mass is 372 g/mol. The van der Waals surface area contributed by atoms with Crippen molar-refractivity contribution in [3.05, 3.63) is 58.1 Å². The number of amides is 1. The Morgan fingerprint density at radius 2 is 2.08 bits per heavy atom. The van der Waals surface area contributed by atoms with Crippen LogP contribution in [0.25, 0.3) is 0 Å². The number of nitrogens with one attached hydrogen (secondary N) is 1. The minimum atomic E-state index is -0.134. The molecule has 1 atom stereocenters. The smallest absolute Gasteiger partial charge is 0.274 e. The largest absolute Gasteiger partial charge is 0.328 e. The van der Waals surface area contributed by atoms with Crippen molar-refractivity contribution in [3.63, 3.8) is 0 Å². The molecule has 138 valence electrons. The predicted molar refractivity (Wildman–Crippen MR) is 104 cm³/mol. The topological polar surface area (TPSA) is 58.1 Å². The summed E-state index contributed by atoms with van der Waals surface area (Å²) < 4.78 is 0. The van der Waals surface area contributed by atoms with E-state index in [9.17, 15) is 4.79 Å². The Morgan fingerprint density at radius 3 is 2.73 bits per heavy atom. The molecule has 1 N–H and O–H groups in total. The number of hydrogen-bond acceptors (Lipinski definition) is 4. The lowest BCUT2D eigenvalue weighted by Crippen LogP contribution is -2.49. The van der Waals surface area contributed by atoms with Gasteiger partial charge in [-0.25, -0.2) is 9.97 Å². The number of hydrogen-bond donors (Lipinski definition) is 1. The molecule has 26 heavy (non-hydrogen) atoms. The van der Waals surface area contributed by atoms with E-state index in [1.165, 1.54) is 11.8 Å². The summed E-state index contributed by atoms with van der Waals surface area (Å²) in [7, 11) is 0. The molecule has 0 saturated carbocycles. The third-order valence-corrected chi connectivity index (χ3v) is 5.04. The van der Waals surface area contributed by atoms with E-state index in [0.717, 1.165) is 25.1 Å². The Morgan fingerprint density at radius 1 is 1.35 bits per heavy atom.